The van der Waals surface area contributed by atoms with E-state index in [2.05, 4.69) is 5.32 Å². The standard InChI is InChI=1S/C12H15FN2O/c1-2-16-7-6-15-9-11-5-3-4-10(8-14)12(11)13/h3-5,15H,2,6-7,9H2,1H3. The molecule has 0 unspecified atom stereocenters. The third-order valence-electron chi connectivity index (χ3n) is 2.14. The monoisotopic (exact) mass is 222 g/mol. The summed E-state index contributed by atoms with van der Waals surface area (Å²) in [7, 11) is 0. The van der Waals surface area contributed by atoms with Crippen LogP contribution in [0.2, 0.25) is 0 Å². The first-order chi connectivity index (χ1) is 7.79. The summed E-state index contributed by atoms with van der Waals surface area (Å²) in [4.78, 5) is 0. The van der Waals surface area contributed by atoms with Crippen LogP contribution in [0.1, 0.15) is 18.1 Å². The van der Waals surface area contributed by atoms with Crippen LogP contribution < -0.4 is 5.32 Å². The number of benzene rings is 1. The van der Waals surface area contributed by atoms with Crippen LogP contribution in [0.15, 0.2) is 18.2 Å². The molecule has 1 N–H and O–H groups in total. The van der Waals surface area contributed by atoms with E-state index in [1.807, 2.05) is 13.0 Å². The van der Waals surface area contributed by atoms with E-state index in [9.17, 15) is 4.39 Å². The number of hydrogen-bond donors (Lipinski definition) is 1. The summed E-state index contributed by atoms with van der Waals surface area (Å²) in [6, 6.07) is 6.64. The fourth-order valence-corrected chi connectivity index (χ4v) is 1.31. The molecular weight excluding hydrogens is 207 g/mol. The molecule has 0 aromatic heterocycles. The van der Waals surface area contributed by atoms with Crippen LogP contribution in [0.4, 0.5) is 4.39 Å². The van der Waals surface area contributed by atoms with Gasteiger partial charge in [0.25, 0.3) is 0 Å². The Hall–Kier alpha value is -1.44. The summed E-state index contributed by atoms with van der Waals surface area (Å²) < 4.78 is 18.7. The van der Waals surface area contributed by atoms with E-state index in [-0.39, 0.29) is 5.56 Å². The first kappa shape index (κ1) is 12.6. The lowest BCUT2D eigenvalue weighted by atomic mass is 10.1. The van der Waals surface area contributed by atoms with Crippen molar-refractivity contribution in [2.24, 2.45) is 0 Å². The Morgan fingerprint density at radius 2 is 2.31 bits per heavy atom. The molecule has 0 fully saturated rings. The highest BCUT2D eigenvalue weighted by molar-refractivity contribution is 5.34. The van der Waals surface area contributed by atoms with Crippen molar-refractivity contribution in [1.29, 1.82) is 5.26 Å². The Morgan fingerprint density at radius 3 is 3.00 bits per heavy atom. The Morgan fingerprint density at radius 1 is 1.50 bits per heavy atom. The van der Waals surface area contributed by atoms with Gasteiger partial charge < -0.3 is 10.1 Å². The zero-order valence-electron chi connectivity index (χ0n) is 9.29. The highest BCUT2D eigenvalue weighted by Crippen LogP contribution is 2.11. The maximum absolute atomic E-state index is 13.6. The Bertz CT molecular complexity index is 374. The van der Waals surface area contributed by atoms with Crippen molar-refractivity contribution < 1.29 is 9.13 Å². The van der Waals surface area contributed by atoms with Crippen LogP contribution in [-0.2, 0) is 11.3 Å². The minimum atomic E-state index is -0.436. The molecule has 0 amide bonds. The number of hydrogen-bond acceptors (Lipinski definition) is 3. The molecule has 0 aliphatic heterocycles. The summed E-state index contributed by atoms with van der Waals surface area (Å²) in [5.74, 6) is -0.436. The molecule has 0 radical (unpaired) electrons. The van der Waals surface area contributed by atoms with E-state index in [0.29, 0.717) is 31.9 Å². The lowest BCUT2D eigenvalue weighted by Gasteiger charge is -2.06. The maximum atomic E-state index is 13.6. The summed E-state index contributed by atoms with van der Waals surface area (Å²) in [5.41, 5.74) is 0.597. The summed E-state index contributed by atoms with van der Waals surface area (Å²) >= 11 is 0. The SMILES string of the molecule is CCOCCNCc1cccc(C#N)c1F. The second-order valence-electron chi connectivity index (χ2n) is 3.26. The van der Waals surface area contributed by atoms with E-state index in [4.69, 9.17) is 10.00 Å². The molecule has 0 aliphatic carbocycles. The second-order valence-corrected chi connectivity index (χ2v) is 3.26. The van der Waals surface area contributed by atoms with Gasteiger partial charge in [0.15, 0.2) is 0 Å². The number of rotatable bonds is 6. The predicted molar refractivity (Wildman–Crippen MR) is 59.3 cm³/mol. The van der Waals surface area contributed by atoms with Crippen LogP contribution >= 0.6 is 0 Å². The Kier molecular flexibility index (Phi) is 5.48. The van der Waals surface area contributed by atoms with Crippen molar-refractivity contribution in [2.45, 2.75) is 13.5 Å². The van der Waals surface area contributed by atoms with Gasteiger partial charge in [0.2, 0.25) is 0 Å². The van der Waals surface area contributed by atoms with E-state index < -0.39 is 5.82 Å². The molecule has 0 heterocycles. The molecule has 0 saturated heterocycles. The van der Waals surface area contributed by atoms with Crippen LogP contribution in [0.25, 0.3) is 0 Å². The van der Waals surface area contributed by atoms with Crippen LogP contribution in [0.5, 0.6) is 0 Å². The molecule has 1 rings (SSSR count). The third-order valence-corrected chi connectivity index (χ3v) is 2.14. The normalized spacial score (nSPS) is 10.1. The van der Waals surface area contributed by atoms with Gasteiger partial charge in [-0.1, -0.05) is 12.1 Å². The molecular formula is C12H15FN2O. The lowest BCUT2D eigenvalue weighted by Crippen LogP contribution is -2.20. The van der Waals surface area contributed by atoms with Crippen molar-refractivity contribution in [3.05, 3.63) is 35.1 Å². The molecule has 3 nitrogen and oxygen atoms in total. The van der Waals surface area contributed by atoms with Gasteiger partial charge in [-0.3, -0.25) is 0 Å². The van der Waals surface area contributed by atoms with Crippen molar-refractivity contribution >= 4 is 0 Å². The minimum Gasteiger partial charge on any atom is -0.380 e. The topological polar surface area (TPSA) is 45.0 Å². The molecule has 16 heavy (non-hydrogen) atoms. The number of halogens is 1. The molecule has 0 aliphatic rings. The molecule has 1 aromatic rings. The number of nitrogens with one attached hydrogen (secondary N) is 1. The quantitative estimate of drug-likeness (QED) is 0.747. The van der Waals surface area contributed by atoms with Crippen LogP contribution in [-0.4, -0.2) is 19.8 Å². The fraction of sp³-hybridized carbons (Fsp3) is 0.417. The van der Waals surface area contributed by atoms with E-state index >= 15 is 0 Å². The van der Waals surface area contributed by atoms with E-state index in [0.717, 1.165) is 0 Å². The summed E-state index contributed by atoms with van der Waals surface area (Å²) in [5, 5.41) is 11.7. The first-order valence-corrected chi connectivity index (χ1v) is 5.25. The molecule has 4 heteroatoms. The molecule has 0 bridgehead atoms. The Balaban J connectivity index is 2.45. The fourth-order valence-electron chi connectivity index (χ4n) is 1.31. The molecule has 0 saturated carbocycles. The van der Waals surface area contributed by atoms with Gasteiger partial charge in [0, 0.05) is 25.3 Å². The second kappa shape index (κ2) is 6.94. The molecule has 0 atom stereocenters. The van der Waals surface area contributed by atoms with Gasteiger partial charge in [0.1, 0.15) is 11.9 Å². The maximum Gasteiger partial charge on any atom is 0.145 e. The van der Waals surface area contributed by atoms with Crippen molar-refractivity contribution in [1.82, 2.24) is 5.32 Å². The number of nitriles is 1. The van der Waals surface area contributed by atoms with Gasteiger partial charge in [0.05, 0.1) is 12.2 Å². The molecule has 1 aromatic carbocycles. The minimum absolute atomic E-state index is 0.0871. The van der Waals surface area contributed by atoms with Gasteiger partial charge in [-0.05, 0) is 13.0 Å². The largest absolute Gasteiger partial charge is 0.380 e. The molecule has 0 spiro atoms. The zero-order chi connectivity index (χ0) is 11.8. The van der Waals surface area contributed by atoms with E-state index in [1.54, 1.807) is 12.1 Å². The average Bonchev–Trinajstić information content (AvgIpc) is 2.31. The number of nitrogens with zero attached hydrogens (tertiary/aromatic N) is 1. The van der Waals surface area contributed by atoms with Crippen LogP contribution in [0, 0.1) is 17.1 Å². The van der Waals surface area contributed by atoms with Gasteiger partial charge >= 0.3 is 0 Å². The average molecular weight is 222 g/mol. The molecule has 86 valence electrons. The van der Waals surface area contributed by atoms with Crippen molar-refractivity contribution in [2.75, 3.05) is 19.8 Å². The highest BCUT2D eigenvalue weighted by Gasteiger charge is 2.06. The van der Waals surface area contributed by atoms with Crippen molar-refractivity contribution in [3.8, 4) is 6.07 Å². The van der Waals surface area contributed by atoms with Gasteiger partial charge in [-0.25, -0.2) is 4.39 Å². The smallest absolute Gasteiger partial charge is 0.145 e. The zero-order valence-corrected chi connectivity index (χ0v) is 9.29. The summed E-state index contributed by atoms with van der Waals surface area (Å²) in [6.45, 7) is 4.30. The predicted octanol–water partition coefficient (Wildman–Crippen LogP) is 1.82. The first-order valence-electron chi connectivity index (χ1n) is 5.25. The van der Waals surface area contributed by atoms with Crippen molar-refractivity contribution in [3.63, 3.8) is 0 Å². The third kappa shape index (κ3) is 3.61. The highest BCUT2D eigenvalue weighted by atomic mass is 19.1. The lowest BCUT2D eigenvalue weighted by molar-refractivity contribution is 0.149. The Labute approximate surface area is 94.8 Å². The van der Waals surface area contributed by atoms with Gasteiger partial charge in [-0.2, -0.15) is 5.26 Å². The summed E-state index contributed by atoms with van der Waals surface area (Å²) in [6.07, 6.45) is 0. The van der Waals surface area contributed by atoms with E-state index in [1.165, 1.54) is 6.07 Å². The van der Waals surface area contributed by atoms with Crippen LogP contribution in [0.3, 0.4) is 0 Å². The number of ether oxygens (including phenoxy) is 1. The van der Waals surface area contributed by atoms with Gasteiger partial charge in [-0.15, -0.1) is 0 Å².